The Morgan fingerprint density at radius 1 is 1.17 bits per heavy atom. The second-order valence-electron chi connectivity index (χ2n) is 0.695. The van der Waals surface area contributed by atoms with Gasteiger partial charge in [0.05, 0.1) is 0 Å². The fraction of sp³-hybridized carbons (Fsp3) is 1.00. The summed E-state index contributed by atoms with van der Waals surface area (Å²) in [5.74, 6) is 0. The summed E-state index contributed by atoms with van der Waals surface area (Å²) >= 11 is 0. The Morgan fingerprint density at radius 2 is 1.50 bits per heavy atom. The van der Waals surface area contributed by atoms with E-state index in [0.717, 1.165) is 0 Å². The summed E-state index contributed by atoms with van der Waals surface area (Å²) in [6.45, 7) is 0.389. The monoisotopic (exact) mass is 208 g/mol. The van der Waals surface area contributed by atoms with Crippen LogP contribution in [0.15, 0.2) is 0 Å². The zero-order valence-electron chi connectivity index (χ0n) is 3.88. The zero-order valence-corrected chi connectivity index (χ0v) is 5.90. The van der Waals surface area contributed by atoms with Crippen molar-refractivity contribution >= 4 is 0 Å². The molecule has 0 amide bonds. The number of rotatable bonds is 2. The largest absolute Gasteiger partial charge is 0.359 e. The van der Waals surface area contributed by atoms with Gasteiger partial charge in [0.25, 0.3) is 0 Å². The molecule has 0 atom stereocenters. The SMILES string of the molecule is COCOC.[Xe]. The van der Waals surface area contributed by atoms with Crippen LogP contribution in [0, 0.1) is 48.9 Å². The summed E-state index contributed by atoms with van der Waals surface area (Å²) in [5, 5.41) is 0. The summed E-state index contributed by atoms with van der Waals surface area (Å²) in [6.07, 6.45) is 0. The van der Waals surface area contributed by atoms with Crippen molar-refractivity contribution in [1.82, 2.24) is 0 Å². The topological polar surface area (TPSA) is 18.5 Å². The van der Waals surface area contributed by atoms with Gasteiger partial charge < -0.3 is 9.47 Å². The zero-order chi connectivity index (χ0) is 4.12. The van der Waals surface area contributed by atoms with Gasteiger partial charge in [0.1, 0.15) is 6.79 Å². The minimum atomic E-state index is 0. The number of hydrogen-bond acceptors (Lipinski definition) is 2. The summed E-state index contributed by atoms with van der Waals surface area (Å²) < 4.78 is 8.94. The number of methoxy groups -OCH3 is 2. The predicted octanol–water partition coefficient (Wildman–Crippen LogP) is 0.237. The molecule has 0 bridgehead atoms. The third-order valence-electron chi connectivity index (χ3n) is 0.236. The Bertz CT molecular complexity index is 16.3. The number of ether oxygens (including phenoxy) is 2. The maximum Gasteiger partial charge on any atom is 0.145 e. The molecule has 0 spiro atoms. The summed E-state index contributed by atoms with van der Waals surface area (Å²) in [7, 11) is 3.17. The molecule has 6 heavy (non-hydrogen) atoms. The van der Waals surface area contributed by atoms with Gasteiger partial charge in [0, 0.05) is 63.1 Å². The van der Waals surface area contributed by atoms with Crippen LogP contribution in [0.1, 0.15) is 0 Å². The second kappa shape index (κ2) is 9.70. The molecule has 0 saturated carbocycles. The average molecular weight is 207 g/mol. The Morgan fingerprint density at radius 3 is 1.50 bits per heavy atom. The molecule has 0 heterocycles. The second-order valence-corrected chi connectivity index (χ2v) is 0.695. The molecule has 0 rings (SSSR count). The van der Waals surface area contributed by atoms with Crippen LogP contribution in [-0.2, 0) is 9.47 Å². The van der Waals surface area contributed by atoms with Gasteiger partial charge in [0.2, 0.25) is 0 Å². The van der Waals surface area contributed by atoms with E-state index in [0.29, 0.717) is 6.79 Å². The first-order valence-corrected chi connectivity index (χ1v) is 1.39. The minimum Gasteiger partial charge on any atom is -0.359 e. The first-order chi connectivity index (χ1) is 2.41. The van der Waals surface area contributed by atoms with E-state index < -0.39 is 0 Å². The third-order valence-corrected chi connectivity index (χ3v) is 0.236. The van der Waals surface area contributed by atoms with Gasteiger partial charge in [-0.15, -0.1) is 0 Å². The molecule has 0 aromatic rings. The van der Waals surface area contributed by atoms with E-state index in [1.165, 1.54) is 0 Å². The van der Waals surface area contributed by atoms with Crippen molar-refractivity contribution in [3.63, 3.8) is 0 Å². The molecule has 0 unspecified atom stereocenters. The summed E-state index contributed by atoms with van der Waals surface area (Å²) in [6, 6.07) is 0. The molecular weight excluding hydrogens is 199 g/mol. The van der Waals surface area contributed by atoms with Crippen LogP contribution >= 0.6 is 0 Å². The normalized spacial score (nSPS) is 7.00. The quantitative estimate of drug-likeness (QED) is 0.604. The van der Waals surface area contributed by atoms with Crippen LogP contribution in [0.25, 0.3) is 0 Å². The van der Waals surface area contributed by atoms with E-state index in [4.69, 9.17) is 0 Å². The molecule has 2 nitrogen and oxygen atoms in total. The minimum absolute atomic E-state index is 0. The maximum atomic E-state index is 4.47. The molecule has 0 fully saturated rings. The Labute approximate surface area is 78.3 Å². The standard InChI is InChI=1S/C3H8O2.Xe/c1-4-3-5-2;/h3H2,1-2H3;. The van der Waals surface area contributed by atoms with Crippen LogP contribution in [0.5, 0.6) is 0 Å². The van der Waals surface area contributed by atoms with E-state index in [1.807, 2.05) is 0 Å². The van der Waals surface area contributed by atoms with E-state index >= 15 is 0 Å². The molecule has 0 radical (unpaired) electrons. The predicted molar refractivity (Wildman–Crippen MR) is 18.9 cm³/mol. The van der Waals surface area contributed by atoms with Crippen molar-refractivity contribution in [2.24, 2.45) is 0 Å². The number of hydrogen-bond donors (Lipinski definition) is 0. The molecule has 0 aliphatic rings. The molecule has 40 valence electrons. The molecule has 0 aromatic carbocycles. The molecule has 0 aliphatic carbocycles. The van der Waals surface area contributed by atoms with E-state index in [2.05, 4.69) is 9.47 Å². The van der Waals surface area contributed by atoms with Gasteiger partial charge in [-0.1, -0.05) is 0 Å². The van der Waals surface area contributed by atoms with E-state index in [9.17, 15) is 0 Å². The molecule has 0 saturated heterocycles. The van der Waals surface area contributed by atoms with Gasteiger partial charge in [-0.3, -0.25) is 0 Å². The molecular formula is C3H8O2Xe. The smallest absolute Gasteiger partial charge is 0.145 e. The van der Waals surface area contributed by atoms with Crippen molar-refractivity contribution in [2.75, 3.05) is 21.0 Å². The van der Waals surface area contributed by atoms with Crippen LogP contribution in [0.2, 0.25) is 0 Å². The van der Waals surface area contributed by atoms with E-state index in [1.54, 1.807) is 14.2 Å². The molecule has 3 heteroatoms. The van der Waals surface area contributed by atoms with Crippen LogP contribution < -0.4 is 0 Å². The van der Waals surface area contributed by atoms with E-state index in [-0.39, 0.29) is 48.9 Å². The first kappa shape index (κ1) is 10.5. The Hall–Kier alpha value is 1.49. The Balaban J connectivity index is 0. The van der Waals surface area contributed by atoms with Crippen molar-refractivity contribution in [2.45, 2.75) is 0 Å². The van der Waals surface area contributed by atoms with Crippen LogP contribution in [0.4, 0.5) is 0 Å². The van der Waals surface area contributed by atoms with Crippen molar-refractivity contribution in [3.8, 4) is 0 Å². The summed E-state index contributed by atoms with van der Waals surface area (Å²) in [4.78, 5) is 0. The summed E-state index contributed by atoms with van der Waals surface area (Å²) in [5.41, 5.74) is 0. The fourth-order valence-corrected chi connectivity index (χ4v) is 0.118. The maximum absolute atomic E-state index is 4.47. The van der Waals surface area contributed by atoms with Gasteiger partial charge in [-0.25, -0.2) is 0 Å². The molecule has 0 aliphatic heterocycles. The van der Waals surface area contributed by atoms with Gasteiger partial charge in [0.15, 0.2) is 0 Å². The first-order valence-electron chi connectivity index (χ1n) is 1.39. The van der Waals surface area contributed by atoms with Crippen molar-refractivity contribution in [3.05, 3.63) is 0 Å². The van der Waals surface area contributed by atoms with Crippen LogP contribution in [-0.4, -0.2) is 21.0 Å². The van der Waals surface area contributed by atoms with Gasteiger partial charge >= 0.3 is 0 Å². The van der Waals surface area contributed by atoms with Crippen molar-refractivity contribution in [1.29, 1.82) is 0 Å². The van der Waals surface area contributed by atoms with Crippen LogP contribution in [0.3, 0.4) is 0 Å². The van der Waals surface area contributed by atoms with Gasteiger partial charge in [-0.05, 0) is 0 Å². The Kier molecular flexibility index (Phi) is 16.9. The molecule has 0 N–H and O–H groups in total. The third kappa shape index (κ3) is 9.09. The van der Waals surface area contributed by atoms with Gasteiger partial charge in [-0.2, -0.15) is 0 Å². The fourth-order valence-electron chi connectivity index (χ4n) is 0.118. The average Bonchev–Trinajstić information content (AvgIpc) is 1.41. The van der Waals surface area contributed by atoms with Crippen molar-refractivity contribution < 1.29 is 58.4 Å². The molecule has 0 aromatic heterocycles.